The number of halogens is 2. The Morgan fingerprint density at radius 2 is 1.82 bits per heavy atom. The van der Waals surface area contributed by atoms with Gasteiger partial charge in [-0.05, 0) is 19.1 Å². The largest absolute Gasteiger partial charge is 0.284 e. The molecule has 0 amide bonds. The summed E-state index contributed by atoms with van der Waals surface area (Å²) in [5.74, 6) is -1.57. The van der Waals surface area contributed by atoms with Crippen molar-refractivity contribution in [3.8, 4) is 11.1 Å². The Bertz CT molecular complexity index is 980. The maximum atomic E-state index is 13.9. The predicted molar refractivity (Wildman–Crippen MR) is 72.2 cm³/mol. The second-order valence-corrected chi connectivity index (χ2v) is 5.98. The number of nitrogens with two attached hydrogens (primary N) is 1. The van der Waals surface area contributed by atoms with Crippen LogP contribution in [0.5, 0.6) is 0 Å². The quantitative estimate of drug-likeness (QED) is 0.758. The molecule has 0 radical (unpaired) electrons. The molecule has 2 N–H and O–H groups in total. The van der Waals surface area contributed by atoms with Gasteiger partial charge in [0, 0.05) is 11.8 Å². The van der Waals surface area contributed by atoms with Gasteiger partial charge in [0.05, 0.1) is 11.3 Å². The average Bonchev–Trinajstić information content (AvgIpc) is 2.81. The van der Waals surface area contributed by atoms with Crippen LogP contribution in [0, 0.1) is 18.6 Å². The zero-order valence-electron chi connectivity index (χ0n) is 11.2. The van der Waals surface area contributed by atoms with Gasteiger partial charge in [-0.15, -0.1) is 5.10 Å². The zero-order chi connectivity index (χ0) is 16.1. The fraction of sp³-hybridized carbons (Fsp3) is 0.0833. The van der Waals surface area contributed by atoms with E-state index in [9.17, 15) is 17.2 Å². The van der Waals surface area contributed by atoms with Crippen LogP contribution in [-0.2, 0) is 10.0 Å². The maximum Gasteiger partial charge on any atom is 0.284 e. The number of hydrogen-bond acceptors (Lipinski definition) is 5. The Morgan fingerprint density at radius 3 is 2.41 bits per heavy atom. The van der Waals surface area contributed by atoms with Crippen molar-refractivity contribution in [2.24, 2.45) is 5.14 Å². The van der Waals surface area contributed by atoms with E-state index in [1.165, 1.54) is 19.2 Å². The summed E-state index contributed by atoms with van der Waals surface area (Å²) in [6.45, 7) is 1.52. The third-order valence-corrected chi connectivity index (χ3v) is 3.67. The molecule has 2 aromatic heterocycles. The van der Waals surface area contributed by atoms with E-state index in [1.807, 2.05) is 0 Å². The summed E-state index contributed by atoms with van der Waals surface area (Å²) in [6, 6.07) is 3.46. The first-order chi connectivity index (χ1) is 10.3. The molecule has 0 aliphatic carbocycles. The first-order valence-electron chi connectivity index (χ1n) is 5.98. The average molecular weight is 325 g/mol. The number of hydrogen-bond donors (Lipinski definition) is 1. The van der Waals surface area contributed by atoms with Crippen molar-refractivity contribution in [1.29, 1.82) is 0 Å². The van der Waals surface area contributed by atoms with Crippen molar-refractivity contribution >= 4 is 15.8 Å². The van der Waals surface area contributed by atoms with Gasteiger partial charge < -0.3 is 0 Å². The molecular weight excluding hydrogens is 316 g/mol. The van der Waals surface area contributed by atoms with Crippen molar-refractivity contribution in [3.63, 3.8) is 0 Å². The van der Waals surface area contributed by atoms with Crippen molar-refractivity contribution in [3.05, 3.63) is 41.7 Å². The van der Waals surface area contributed by atoms with Crippen LogP contribution < -0.4 is 5.14 Å². The first kappa shape index (κ1) is 14.5. The van der Waals surface area contributed by atoms with Gasteiger partial charge in [0.15, 0.2) is 0 Å². The fourth-order valence-corrected chi connectivity index (χ4v) is 2.42. The molecule has 22 heavy (non-hydrogen) atoms. The minimum Gasteiger partial charge on any atom is -0.222 e. The van der Waals surface area contributed by atoms with E-state index in [4.69, 9.17) is 5.14 Å². The van der Waals surface area contributed by atoms with Gasteiger partial charge in [-0.25, -0.2) is 31.8 Å². The lowest BCUT2D eigenvalue weighted by molar-refractivity contribution is 0.586. The van der Waals surface area contributed by atoms with Crippen LogP contribution in [0.3, 0.4) is 0 Å². The van der Waals surface area contributed by atoms with Crippen LogP contribution in [0.2, 0.25) is 0 Å². The monoisotopic (exact) mass is 325 g/mol. The lowest BCUT2D eigenvalue weighted by Crippen LogP contribution is -2.14. The van der Waals surface area contributed by atoms with Crippen molar-refractivity contribution in [2.45, 2.75) is 12.1 Å². The van der Waals surface area contributed by atoms with Gasteiger partial charge in [-0.3, -0.25) is 0 Å². The van der Waals surface area contributed by atoms with Crippen LogP contribution in [-0.4, -0.2) is 28.0 Å². The number of nitrogens with zero attached hydrogens (tertiary/aromatic N) is 4. The SMILES string of the molecule is Cc1nc2nc(S(N)(=O)=O)nn2cc1-c1c(F)cccc1F. The molecule has 0 saturated heterocycles. The minimum absolute atomic E-state index is 0.0398. The van der Waals surface area contributed by atoms with Crippen LogP contribution in [0.4, 0.5) is 8.78 Å². The molecule has 1 aromatic carbocycles. The lowest BCUT2D eigenvalue weighted by atomic mass is 10.1. The molecule has 3 aromatic rings. The third-order valence-electron chi connectivity index (χ3n) is 2.99. The van der Waals surface area contributed by atoms with E-state index in [0.717, 1.165) is 16.6 Å². The molecule has 114 valence electrons. The van der Waals surface area contributed by atoms with E-state index in [-0.39, 0.29) is 22.6 Å². The molecule has 7 nitrogen and oxygen atoms in total. The number of fused-ring (bicyclic) bond motifs is 1. The van der Waals surface area contributed by atoms with E-state index in [1.54, 1.807) is 0 Å². The van der Waals surface area contributed by atoms with E-state index >= 15 is 0 Å². The minimum atomic E-state index is -4.10. The van der Waals surface area contributed by atoms with Crippen LogP contribution in [0.15, 0.2) is 29.6 Å². The van der Waals surface area contributed by atoms with Crippen LogP contribution in [0.25, 0.3) is 16.9 Å². The van der Waals surface area contributed by atoms with Gasteiger partial charge in [0.2, 0.25) is 0 Å². The molecule has 0 spiro atoms. The Balaban J connectivity index is 2.30. The summed E-state index contributed by atoms with van der Waals surface area (Å²) in [5, 5.41) is 7.98. The summed E-state index contributed by atoms with van der Waals surface area (Å²) in [7, 11) is -4.10. The number of aryl methyl sites for hydroxylation is 1. The van der Waals surface area contributed by atoms with Gasteiger partial charge in [0.1, 0.15) is 11.6 Å². The molecule has 0 aliphatic heterocycles. The van der Waals surface area contributed by atoms with E-state index in [0.29, 0.717) is 0 Å². The number of rotatable bonds is 2. The van der Waals surface area contributed by atoms with Gasteiger partial charge in [-0.2, -0.15) is 4.98 Å². The Labute approximate surface area is 123 Å². The van der Waals surface area contributed by atoms with Crippen LogP contribution in [0.1, 0.15) is 5.69 Å². The Hall–Kier alpha value is -2.46. The summed E-state index contributed by atoms with van der Waals surface area (Å²) in [6.07, 6.45) is 1.25. The molecule has 0 saturated carbocycles. The second kappa shape index (κ2) is 4.78. The molecule has 0 fully saturated rings. The number of sulfonamides is 1. The zero-order valence-corrected chi connectivity index (χ0v) is 12.0. The van der Waals surface area contributed by atoms with Crippen LogP contribution >= 0.6 is 0 Å². The molecule has 0 bridgehead atoms. The third kappa shape index (κ3) is 2.31. The summed E-state index contributed by atoms with van der Waals surface area (Å²) >= 11 is 0. The van der Waals surface area contributed by atoms with Crippen molar-refractivity contribution < 1.29 is 17.2 Å². The summed E-state index contributed by atoms with van der Waals surface area (Å²) in [5.41, 5.74) is 0.126. The van der Waals surface area contributed by atoms with Gasteiger partial charge in [-0.1, -0.05) is 6.07 Å². The smallest absolute Gasteiger partial charge is 0.222 e. The van der Waals surface area contributed by atoms with Gasteiger partial charge >= 0.3 is 0 Å². The molecule has 0 atom stereocenters. The lowest BCUT2D eigenvalue weighted by Gasteiger charge is -2.07. The predicted octanol–water partition coefficient (Wildman–Crippen LogP) is 1.03. The van der Waals surface area contributed by atoms with E-state index in [2.05, 4.69) is 15.1 Å². The fourth-order valence-electron chi connectivity index (χ4n) is 2.01. The molecule has 0 unspecified atom stereocenters. The number of benzene rings is 1. The van der Waals surface area contributed by atoms with Crippen molar-refractivity contribution in [1.82, 2.24) is 19.6 Å². The first-order valence-corrected chi connectivity index (χ1v) is 7.53. The molecule has 2 heterocycles. The second-order valence-electron chi connectivity index (χ2n) is 4.52. The number of primary sulfonamides is 1. The highest BCUT2D eigenvalue weighted by Crippen LogP contribution is 2.28. The Kier molecular flexibility index (Phi) is 3.15. The summed E-state index contributed by atoms with van der Waals surface area (Å²) < 4.78 is 51.3. The highest BCUT2D eigenvalue weighted by atomic mass is 32.2. The maximum absolute atomic E-state index is 13.9. The topological polar surface area (TPSA) is 103 Å². The molecule has 10 heteroatoms. The van der Waals surface area contributed by atoms with Crippen molar-refractivity contribution in [2.75, 3.05) is 0 Å². The molecule has 3 rings (SSSR count). The highest BCUT2D eigenvalue weighted by molar-refractivity contribution is 7.89. The molecular formula is C12H9F2N5O2S. The number of aromatic nitrogens is 4. The van der Waals surface area contributed by atoms with Gasteiger partial charge in [0.25, 0.3) is 21.0 Å². The normalized spacial score (nSPS) is 12.0. The highest BCUT2D eigenvalue weighted by Gasteiger charge is 2.19. The summed E-state index contributed by atoms with van der Waals surface area (Å²) in [4.78, 5) is 7.67. The Morgan fingerprint density at radius 1 is 1.18 bits per heavy atom. The van der Waals surface area contributed by atoms with E-state index < -0.39 is 26.8 Å². The molecule has 0 aliphatic rings. The standard InChI is InChI=1S/C12H9F2N5O2S/c1-6-7(10-8(13)3-2-4-9(10)14)5-19-11(16-6)17-12(18-19)22(15,20)21/h2-5H,1H3,(H2,15,20,21).